The molecule has 0 aliphatic carbocycles. The quantitative estimate of drug-likeness (QED) is 0.673. The number of nitrogens with one attached hydrogen (secondary N) is 1. The molecule has 114 valence electrons. The van der Waals surface area contributed by atoms with Crippen LogP contribution in [0.3, 0.4) is 0 Å². The van der Waals surface area contributed by atoms with Crippen molar-refractivity contribution in [3.63, 3.8) is 0 Å². The van der Waals surface area contributed by atoms with E-state index >= 15 is 0 Å². The Kier molecular flexibility index (Phi) is 5.13. The number of rotatable bonds is 7. The predicted octanol–water partition coefficient (Wildman–Crippen LogP) is 3.48. The number of carbonyl (C=O) groups is 1. The Labute approximate surface area is 136 Å². The predicted molar refractivity (Wildman–Crippen MR) is 91.2 cm³/mol. The number of hydrogen-bond donors (Lipinski definition) is 1. The second kappa shape index (κ2) is 7.47. The van der Waals surface area contributed by atoms with Crippen LogP contribution in [0.2, 0.25) is 0 Å². The molecule has 0 unspecified atom stereocenters. The molecule has 0 bridgehead atoms. The fraction of sp³-hybridized carbons (Fsp3) is 0.250. The first-order chi connectivity index (χ1) is 10.8. The molecule has 0 atom stereocenters. The smallest absolute Gasteiger partial charge is 0.226 e. The van der Waals surface area contributed by atoms with Crippen LogP contribution in [0, 0.1) is 0 Å². The largest absolute Gasteiger partial charge is 0.356 e. The molecule has 2 aromatic heterocycles. The van der Waals surface area contributed by atoms with Crippen LogP contribution < -0.4 is 5.32 Å². The van der Waals surface area contributed by atoms with Gasteiger partial charge in [0.15, 0.2) is 5.58 Å². The van der Waals surface area contributed by atoms with Gasteiger partial charge in [-0.2, -0.15) is 11.8 Å². The summed E-state index contributed by atoms with van der Waals surface area (Å²) in [6.45, 7) is 0.671. The van der Waals surface area contributed by atoms with Crippen LogP contribution in [0.5, 0.6) is 0 Å². The third-order valence-corrected chi connectivity index (χ3v) is 5.24. The van der Waals surface area contributed by atoms with E-state index in [-0.39, 0.29) is 12.3 Å². The van der Waals surface area contributed by atoms with Crippen molar-refractivity contribution in [3.8, 4) is 0 Å². The van der Waals surface area contributed by atoms with E-state index in [4.69, 9.17) is 4.52 Å². The summed E-state index contributed by atoms with van der Waals surface area (Å²) < 4.78 is 5.20. The SMILES string of the molecule is O=C(Cc1noc2ccccc12)NCCSCc1cccs1. The first-order valence-corrected chi connectivity index (χ1v) is 9.06. The average Bonchev–Trinajstić information content (AvgIpc) is 3.17. The highest BCUT2D eigenvalue weighted by Gasteiger charge is 2.11. The summed E-state index contributed by atoms with van der Waals surface area (Å²) in [5, 5.41) is 9.89. The van der Waals surface area contributed by atoms with Gasteiger partial charge >= 0.3 is 0 Å². The number of carbonyl (C=O) groups excluding carboxylic acids is 1. The second-order valence-electron chi connectivity index (χ2n) is 4.78. The number of nitrogens with zero attached hydrogens (tertiary/aromatic N) is 1. The average molecular weight is 332 g/mol. The van der Waals surface area contributed by atoms with E-state index in [9.17, 15) is 4.79 Å². The molecule has 0 radical (unpaired) electrons. The van der Waals surface area contributed by atoms with Crippen molar-refractivity contribution in [1.82, 2.24) is 10.5 Å². The molecule has 6 heteroatoms. The van der Waals surface area contributed by atoms with E-state index in [0.717, 1.165) is 22.5 Å². The van der Waals surface area contributed by atoms with Crippen molar-refractivity contribution >= 4 is 40.0 Å². The van der Waals surface area contributed by atoms with Crippen LogP contribution in [0.15, 0.2) is 46.3 Å². The molecule has 0 aliphatic heterocycles. The van der Waals surface area contributed by atoms with Crippen LogP contribution in [0.1, 0.15) is 10.6 Å². The monoisotopic (exact) mass is 332 g/mol. The summed E-state index contributed by atoms with van der Waals surface area (Å²) in [6, 6.07) is 11.8. The van der Waals surface area contributed by atoms with Crippen molar-refractivity contribution in [2.75, 3.05) is 12.3 Å². The molecule has 4 nitrogen and oxygen atoms in total. The maximum absolute atomic E-state index is 11.9. The number of thioether (sulfide) groups is 1. The zero-order valence-corrected chi connectivity index (χ0v) is 13.6. The topological polar surface area (TPSA) is 55.1 Å². The highest BCUT2D eigenvalue weighted by atomic mass is 32.2. The van der Waals surface area contributed by atoms with Gasteiger partial charge in [-0.3, -0.25) is 4.79 Å². The van der Waals surface area contributed by atoms with Gasteiger partial charge in [-0.15, -0.1) is 11.3 Å². The number of fused-ring (bicyclic) bond motifs is 1. The Balaban J connectivity index is 1.41. The van der Waals surface area contributed by atoms with Gasteiger partial charge in [0.05, 0.1) is 6.42 Å². The van der Waals surface area contributed by atoms with Crippen LogP contribution >= 0.6 is 23.1 Å². The number of thiophene rings is 1. The third kappa shape index (κ3) is 3.90. The number of para-hydroxylation sites is 1. The first kappa shape index (κ1) is 15.1. The van der Waals surface area contributed by atoms with Gasteiger partial charge in [0, 0.05) is 28.3 Å². The van der Waals surface area contributed by atoms with Crippen molar-refractivity contribution < 1.29 is 9.32 Å². The normalized spacial score (nSPS) is 10.9. The van der Waals surface area contributed by atoms with Gasteiger partial charge in [0.2, 0.25) is 5.91 Å². The molecule has 3 rings (SSSR count). The highest BCUT2D eigenvalue weighted by Crippen LogP contribution is 2.18. The Morgan fingerprint density at radius 1 is 1.27 bits per heavy atom. The van der Waals surface area contributed by atoms with Crippen LogP contribution in [-0.4, -0.2) is 23.4 Å². The van der Waals surface area contributed by atoms with Crippen molar-refractivity contribution in [2.45, 2.75) is 12.2 Å². The maximum Gasteiger partial charge on any atom is 0.226 e. The van der Waals surface area contributed by atoms with E-state index in [0.29, 0.717) is 12.2 Å². The van der Waals surface area contributed by atoms with Gasteiger partial charge in [-0.1, -0.05) is 23.4 Å². The molecule has 1 N–H and O–H groups in total. The van der Waals surface area contributed by atoms with Gasteiger partial charge in [0.1, 0.15) is 5.69 Å². The molecular formula is C16H16N2O2S2. The number of aromatic nitrogens is 1. The van der Waals surface area contributed by atoms with Crippen LogP contribution in [0.25, 0.3) is 11.0 Å². The van der Waals surface area contributed by atoms with Crippen LogP contribution in [-0.2, 0) is 17.0 Å². The van der Waals surface area contributed by atoms with Crippen LogP contribution in [0.4, 0.5) is 0 Å². The lowest BCUT2D eigenvalue weighted by atomic mass is 10.2. The summed E-state index contributed by atoms with van der Waals surface area (Å²) in [4.78, 5) is 13.3. The zero-order chi connectivity index (χ0) is 15.2. The van der Waals surface area contributed by atoms with Crippen molar-refractivity contribution in [1.29, 1.82) is 0 Å². The molecule has 0 aliphatic rings. The molecule has 22 heavy (non-hydrogen) atoms. The van der Waals surface area contributed by atoms with E-state index in [1.165, 1.54) is 4.88 Å². The Bertz CT molecular complexity index is 738. The lowest BCUT2D eigenvalue weighted by molar-refractivity contribution is -0.120. The number of benzene rings is 1. The molecule has 1 amide bonds. The summed E-state index contributed by atoms with van der Waals surface area (Å²) >= 11 is 3.59. The minimum atomic E-state index is -0.0178. The molecule has 0 saturated heterocycles. The lowest BCUT2D eigenvalue weighted by Gasteiger charge is -2.03. The molecule has 0 spiro atoms. The summed E-state index contributed by atoms with van der Waals surface area (Å²) in [5.41, 5.74) is 1.41. The molecule has 0 fully saturated rings. The third-order valence-electron chi connectivity index (χ3n) is 3.17. The maximum atomic E-state index is 11.9. The molecule has 1 aromatic carbocycles. The van der Waals surface area contributed by atoms with Gasteiger partial charge in [-0.05, 0) is 23.6 Å². The van der Waals surface area contributed by atoms with Gasteiger partial charge in [0.25, 0.3) is 0 Å². The Morgan fingerprint density at radius 2 is 2.18 bits per heavy atom. The van der Waals surface area contributed by atoms with E-state index < -0.39 is 0 Å². The van der Waals surface area contributed by atoms with Gasteiger partial charge < -0.3 is 9.84 Å². The molecular weight excluding hydrogens is 316 g/mol. The van der Waals surface area contributed by atoms with E-state index in [1.807, 2.05) is 36.0 Å². The van der Waals surface area contributed by atoms with E-state index in [2.05, 4.69) is 28.0 Å². The Morgan fingerprint density at radius 3 is 3.05 bits per heavy atom. The summed E-state index contributed by atoms with van der Waals surface area (Å²) in [7, 11) is 0. The molecule has 2 heterocycles. The summed E-state index contributed by atoms with van der Waals surface area (Å²) in [5.74, 6) is 1.89. The summed E-state index contributed by atoms with van der Waals surface area (Å²) in [6.07, 6.45) is 0.257. The van der Waals surface area contributed by atoms with Crippen molar-refractivity contribution in [2.24, 2.45) is 0 Å². The Hall–Kier alpha value is -1.79. The fourth-order valence-corrected chi connectivity index (χ4v) is 3.81. The van der Waals surface area contributed by atoms with Crippen molar-refractivity contribution in [3.05, 3.63) is 52.3 Å². The minimum Gasteiger partial charge on any atom is -0.356 e. The van der Waals surface area contributed by atoms with E-state index in [1.54, 1.807) is 11.3 Å². The number of hydrogen-bond acceptors (Lipinski definition) is 5. The van der Waals surface area contributed by atoms with Gasteiger partial charge in [-0.25, -0.2) is 0 Å². The minimum absolute atomic E-state index is 0.0178. The fourth-order valence-electron chi connectivity index (χ4n) is 2.11. The highest BCUT2D eigenvalue weighted by molar-refractivity contribution is 7.98. The number of amides is 1. The second-order valence-corrected chi connectivity index (χ2v) is 6.92. The zero-order valence-electron chi connectivity index (χ0n) is 12.0. The molecule has 0 saturated carbocycles. The standard InChI is InChI=1S/C16H16N2O2S2/c19-16(17-7-9-21-11-12-4-3-8-22-12)10-14-13-5-1-2-6-15(13)20-18-14/h1-6,8H,7,9-11H2,(H,17,19). The molecule has 3 aromatic rings. The lowest BCUT2D eigenvalue weighted by Crippen LogP contribution is -2.27. The first-order valence-electron chi connectivity index (χ1n) is 7.03.